The van der Waals surface area contributed by atoms with Crippen LogP contribution in [0.25, 0.3) is 0 Å². The van der Waals surface area contributed by atoms with E-state index >= 15 is 0 Å². The monoisotopic (exact) mass is 306 g/mol. The van der Waals surface area contributed by atoms with Crippen LogP contribution in [0.2, 0.25) is 5.02 Å². The zero-order valence-corrected chi connectivity index (χ0v) is 11.7. The molecule has 21 heavy (non-hydrogen) atoms. The quantitative estimate of drug-likeness (QED) is 0.658. The predicted molar refractivity (Wildman–Crippen MR) is 79.5 cm³/mol. The number of hydrogen-bond donors (Lipinski definition) is 2. The van der Waals surface area contributed by atoms with Gasteiger partial charge in [-0.15, -0.1) is 0 Å². The predicted octanol–water partition coefficient (Wildman–Crippen LogP) is 4.00. The molecule has 0 aliphatic carbocycles. The SMILES string of the molecule is Cc1c(Cl)cccc1Nc1ccc([N+](=O)[O-])c(C(=O)O)c1. The van der Waals surface area contributed by atoms with Crippen molar-refractivity contribution in [2.75, 3.05) is 5.32 Å². The van der Waals surface area contributed by atoms with E-state index in [9.17, 15) is 14.9 Å². The fraction of sp³-hybridized carbons (Fsp3) is 0.0714. The average Bonchev–Trinajstić information content (AvgIpc) is 2.43. The number of anilines is 2. The molecule has 0 bridgehead atoms. The molecule has 0 aliphatic rings. The van der Waals surface area contributed by atoms with E-state index < -0.39 is 16.6 Å². The summed E-state index contributed by atoms with van der Waals surface area (Å²) in [6.45, 7) is 1.81. The van der Waals surface area contributed by atoms with Gasteiger partial charge in [0.05, 0.1) is 4.92 Å². The van der Waals surface area contributed by atoms with Crippen molar-refractivity contribution in [2.45, 2.75) is 6.92 Å². The van der Waals surface area contributed by atoms with Gasteiger partial charge < -0.3 is 10.4 Å². The van der Waals surface area contributed by atoms with Gasteiger partial charge in [-0.1, -0.05) is 17.7 Å². The molecule has 0 aromatic heterocycles. The lowest BCUT2D eigenvalue weighted by Gasteiger charge is -2.11. The van der Waals surface area contributed by atoms with Gasteiger partial charge in [-0.05, 0) is 36.8 Å². The second kappa shape index (κ2) is 5.80. The van der Waals surface area contributed by atoms with E-state index in [0.717, 1.165) is 11.6 Å². The van der Waals surface area contributed by atoms with Crippen LogP contribution in [0.5, 0.6) is 0 Å². The van der Waals surface area contributed by atoms with Crippen molar-refractivity contribution in [3.05, 3.63) is 62.7 Å². The number of halogens is 1. The normalized spacial score (nSPS) is 10.2. The molecular formula is C14H11ClN2O4. The average molecular weight is 307 g/mol. The topological polar surface area (TPSA) is 92.5 Å². The molecule has 0 spiro atoms. The third kappa shape index (κ3) is 3.11. The first-order valence-corrected chi connectivity index (χ1v) is 6.32. The molecule has 0 aliphatic heterocycles. The van der Waals surface area contributed by atoms with Crippen molar-refractivity contribution in [1.82, 2.24) is 0 Å². The lowest BCUT2D eigenvalue weighted by atomic mass is 10.1. The van der Waals surface area contributed by atoms with Gasteiger partial charge in [0.15, 0.2) is 0 Å². The second-order valence-electron chi connectivity index (χ2n) is 4.33. The fourth-order valence-corrected chi connectivity index (χ4v) is 2.02. The van der Waals surface area contributed by atoms with Gasteiger partial charge in [-0.25, -0.2) is 4.79 Å². The minimum Gasteiger partial charge on any atom is -0.477 e. The van der Waals surface area contributed by atoms with Crippen LogP contribution >= 0.6 is 11.6 Å². The smallest absolute Gasteiger partial charge is 0.342 e. The van der Waals surface area contributed by atoms with Gasteiger partial charge in [0.1, 0.15) is 5.56 Å². The molecule has 0 fully saturated rings. The van der Waals surface area contributed by atoms with Crippen LogP contribution in [-0.4, -0.2) is 16.0 Å². The zero-order valence-electron chi connectivity index (χ0n) is 11.0. The lowest BCUT2D eigenvalue weighted by molar-refractivity contribution is -0.385. The van der Waals surface area contributed by atoms with Crippen molar-refractivity contribution in [3.8, 4) is 0 Å². The highest BCUT2D eigenvalue weighted by molar-refractivity contribution is 6.31. The Kier molecular flexibility index (Phi) is 4.09. The summed E-state index contributed by atoms with van der Waals surface area (Å²) in [5.74, 6) is -1.35. The fourth-order valence-electron chi connectivity index (χ4n) is 1.84. The molecule has 2 N–H and O–H groups in total. The summed E-state index contributed by atoms with van der Waals surface area (Å²) >= 11 is 6.01. The Balaban J connectivity index is 2.42. The Morgan fingerprint density at radius 3 is 2.67 bits per heavy atom. The molecule has 0 saturated carbocycles. The Hall–Kier alpha value is -2.60. The van der Waals surface area contributed by atoms with Gasteiger partial charge in [0, 0.05) is 22.5 Å². The zero-order chi connectivity index (χ0) is 15.6. The maximum atomic E-state index is 11.1. The highest BCUT2D eigenvalue weighted by atomic mass is 35.5. The van der Waals surface area contributed by atoms with E-state index in [1.807, 2.05) is 6.92 Å². The minimum absolute atomic E-state index is 0.371. The Labute approximate surface area is 125 Å². The van der Waals surface area contributed by atoms with E-state index in [2.05, 4.69) is 5.32 Å². The number of nitro benzene ring substituents is 1. The molecule has 7 heteroatoms. The first-order valence-electron chi connectivity index (χ1n) is 5.94. The third-order valence-electron chi connectivity index (χ3n) is 2.97. The first-order chi connectivity index (χ1) is 9.90. The maximum Gasteiger partial charge on any atom is 0.342 e. The standard InChI is InChI=1S/C14H11ClN2O4/c1-8-11(15)3-2-4-12(8)16-9-5-6-13(17(20)21)10(7-9)14(18)19/h2-7,16H,1H3,(H,18,19). The van der Waals surface area contributed by atoms with Crippen LogP contribution in [0.3, 0.4) is 0 Å². The first kappa shape index (κ1) is 14.8. The third-order valence-corrected chi connectivity index (χ3v) is 3.38. The molecule has 0 heterocycles. The Morgan fingerprint density at radius 1 is 1.33 bits per heavy atom. The number of nitrogens with zero attached hydrogens (tertiary/aromatic N) is 1. The number of rotatable bonds is 4. The van der Waals surface area contributed by atoms with E-state index in [0.29, 0.717) is 16.4 Å². The van der Waals surface area contributed by atoms with E-state index in [1.165, 1.54) is 12.1 Å². The summed E-state index contributed by atoms with van der Waals surface area (Å²) in [5.41, 5.74) is 1.12. The van der Waals surface area contributed by atoms with Crippen LogP contribution < -0.4 is 5.32 Å². The van der Waals surface area contributed by atoms with Crippen molar-refractivity contribution in [3.63, 3.8) is 0 Å². The summed E-state index contributed by atoms with van der Waals surface area (Å²) < 4.78 is 0. The number of carbonyl (C=O) groups is 1. The number of carboxylic acid groups (broad SMARTS) is 1. The lowest BCUT2D eigenvalue weighted by Crippen LogP contribution is -2.04. The summed E-state index contributed by atoms with van der Waals surface area (Å²) in [6, 6.07) is 9.10. The van der Waals surface area contributed by atoms with E-state index in [-0.39, 0.29) is 5.56 Å². The molecule has 0 atom stereocenters. The molecule has 0 unspecified atom stereocenters. The number of carboxylic acids is 1. The highest BCUT2D eigenvalue weighted by Gasteiger charge is 2.20. The molecule has 0 saturated heterocycles. The van der Waals surface area contributed by atoms with Crippen molar-refractivity contribution in [2.24, 2.45) is 0 Å². The Morgan fingerprint density at radius 2 is 2.05 bits per heavy atom. The summed E-state index contributed by atoms with van der Waals surface area (Å²) in [4.78, 5) is 21.2. The maximum absolute atomic E-state index is 11.1. The molecule has 0 amide bonds. The van der Waals surface area contributed by atoms with Gasteiger partial charge in [0.2, 0.25) is 0 Å². The van der Waals surface area contributed by atoms with E-state index in [1.54, 1.807) is 18.2 Å². The molecular weight excluding hydrogens is 296 g/mol. The van der Waals surface area contributed by atoms with Crippen LogP contribution in [0.4, 0.5) is 17.1 Å². The number of hydrogen-bond acceptors (Lipinski definition) is 4. The number of aromatic carboxylic acids is 1. The number of nitrogens with one attached hydrogen (secondary N) is 1. The Bertz CT molecular complexity index is 731. The van der Waals surface area contributed by atoms with Crippen LogP contribution in [0, 0.1) is 17.0 Å². The van der Waals surface area contributed by atoms with Crippen LogP contribution in [0.15, 0.2) is 36.4 Å². The molecule has 108 valence electrons. The van der Waals surface area contributed by atoms with Gasteiger partial charge in [-0.3, -0.25) is 10.1 Å². The number of benzene rings is 2. The molecule has 6 nitrogen and oxygen atoms in total. The second-order valence-corrected chi connectivity index (χ2v) is 4.74. The summed E-state index contributed by atoms with van der Waals surface area (Å²) in [6.07, 6.45) is 0. The minimum atomic E-state index is -1.35. The van der Waals surface area contributed by atoms with Crippen LogP contribution in [-0.2, 0) is 0 Å². The summed E-state index contributed by atoms with van der Waals surface area (Å²) in [5, 5.41) is 23.4. The van der Waals surface area contributed by atoms with Crippen LogP contribution in [0.1, 0.15) is 15.9 Å². The van der Waals surface area contributed by atoms with Gasteiger partial charge in [-0.2, -0.15) is 0 Å². The van der Waals surface area contributed by atoms with Gasteiger partial charge >= 0.3 is 5.97 Å². The van der Waals surface area contributed by atoms with E-state index in [4.69, 9.17) is 16.7 Å². The molecule has 2 aromatic carbocycles. The largest absolute Gasteiger partial charge is 0.477 e. The molecule has 0 radical (unpaired) electrons. The van der Waals surface area contributed by atoms with Crippen molar-refractivity contribution >= 4 is 34.6 Å². The van der Waals surface area contributed by atoms with Crippen molar-refractivity contribution in [1.29, 1.82) is 0 Å². The molecule has 2 aromatic rings. The molecule has 2 rings (SSSR count). The van der Waals surface area contributed by atoms with Gasteiger partial charge in [0.25, 0.3) is 5.69 Å². The number of nitro groups is 1. The summed E-state index contributed by atoms with van der Waals surface area (Å²) in [7, 11) is 0. The highest BCUT2D eigenvalue weighted by Crippen LogP contribution is 2.28. The van der Waals surface area contributed by atoms with Crippen molar-refractivity contribution < 1.29 is 14.8 Å².